The molecule has 53 heavy (non-hydrogen) atoms. The summed E-state index contributed by atoms with van der Waals surface area (Å²) in [6, 6.07) is 13.5. The molecule has 2 aromatic rings. The molecule has 1 heterocycles. The van der Waals surface area contributed by atoms with Gasteiger partial charge in [0.2, 0.25) is 17.7 Å². The maximum absolute atomic E-state index is 13.4. The molecule has 0 bridgehead atoms. The Morgan fingerprint density at radius 3 is 1.79 bits per heavy atom. The number of nitrogens with zero attached hydrogens (tertiary/aromatic N) is 1. The summed E-state index contributed by atoms with van der Waals surface area (Å²) in [4.78, 5) is 52.0. The average Bonchev–Trinajstić information content (AvgIpc) is 3.15. The van der Waals surface area contributed by atoms with Crippen LogP contribution < -0.4 is 15.5 Å². The van der Waals surface area contributed by atoms with E-state index >= 15 is 0 Å². The molecule has 0 aliphatic carbocycles. The molecule has 0 aromatic heterocycles. The number of hydrogen-bond donors (Lipinski definition) is 3. The fourth-order valence-corrected chi connectivity index (χ4v) is 4.93. The zero-order valence-corrected chi connectivity index (χ0v) is 30.3. The number of anilines is 1. The van der Waals surface area contributed by atoms with E-state index in [2.05, 4.69) is 22.5 Å². The predicted molar refractivity (Wildman–Crippen MR) is 193 cm³/mol. The van der Waals surface area contributed by atoms with Crippen molar-refractivity contribution in [1.29, 1.82) is 0 Å². The summed E-state index contributed by atoms with van der Waals surface area (Å²) in [5, 5.41) is 14.4. The van der Waals surface area contributed by atoms with Gasteiger partial charge in [0.05, 0.1) is 105 Å². The van der Waals surface area contributed by atoms with Crippen molar-refractivity contribution in [1.82, 2.24) is 10.6 Å². The van der Waals surface area contributed by atoms with Gasteiger partial charge in [-0.05, 0) is 23.8 Å². The highest BCUT2D eigenvalue weighted by Crippen LogP contribution is 2.26. The molecule has 2 aromatic carbocycles. The number of nitrogens with one attached hydrogen (secondary N) is 2. The largest absolute Gasteiger partial charge is 0.481 e. The third kappa shape index (κ3) is 17.8. The number of ether oxygens (including phenoxy) is 7. The third-order valence-corrected chi connectivity index (χ3v) is 7.61. The van der Waals surface area contributed by atoms with Crippen LogP contribution in [0.3, 0.4) is 0 Å². The Balaban J connectivity index is 1.25. The van der Waals surface area contributed by atoms with E-state index in [0.29, 0.717) is 83.9 Å². The molecule has 15 heteroatoms. The fourth-order valence-electron chi connectivity index (χ4n) is 4.93. The van der Waals surface area contributed by atoms with Crippen LogP contribution in [0.1, 0.15) is 36.0 Å². The summed E-state index contributed by atoms with van der Waals surface area (Å²) in [6.07, 6.45) is -1.01. The SMILES string of the molecule is COCCOCCOCCOCCOCCOCCOCCNC(=O)[C@H](CC(=O)O)NC(=O)CCC(=O)N1Cc2ccccc2C#Cc2ccccc21. The number of hydrogen-bond acceptors (Lipinski definition) is 11. The minimum atomic E-state index is -1.32. The maximum Gasteiger partial charge on any atom is 0.305 e. The Morgan fingerprint density at radius 2 is 1.21 bits per heavy atom. The number of carboxylic acids is 1. The van der Waals surface area contributed by atoms with E-state index in [0.717, 1.165) is 11.1 Å². The van der Waals surface area contributed by atoms with Crippen LogP contribution in [0.4, 0.5) is 5.69 Å². The average molecular weight is 742 g/mol. The van der Waals surface area contributed by atoms with E-state index in [1.165, 1.54) is 0 Å². The molecule has 0 fully saturated rings. The molecule has 1 atom stereocenters. The molecule has 1 aliphatic heterocycles. The van der Waals surface area contributed by atoms with E-state index in [1.807, 2.05) is 42.5 Å². The number of benzene rings is 2. The van der Waals surface area contributed by atoms with E-state index in [9.17, 15) is 24.3 Å². The van der Waals surface area contributed by atoms with Crippen molar-refractivity contribution in [3.8, 4) is 11.8 Å². The van der Waals surface area contributed by atoms with E-state index in [1.54, 1.807) is 18.1 Å². The molecule has 3 rings (SSSR count). The lowest BCUT2D eigenvalue weighted by Crippen LogP contribution is -2.48. The Kier molecular flexibility index (Phi) is 21.4. The van der Waals surface area contributed by atoms with Gasteiger partial charge in [0.25, 0.3) is 0 Å². The number of rotatable bonds is 28. The van der Waals surface area contributed by atoms with Crippen LogP contribution >= 0.6 is 0 Å². The highest BCUT2D eigenvalue weighted by atomic mass is 16.6. The number of methoxy groups -OCH3 is 1. The summed E-state index contributed by atoms with van der Waals surface area (Å²) in [5.41, 5.74) is 3.01. The molecular formula is C38H51N3O12. The molecule has 1 aliphatic rings. The highest BCUT2D eigenvalue weighted by Gasteiger charge is 2.25. The number of fused-ring (bicyclic) bond motifs is 2. The summed E-state index contributed by atoms with van der Waals surface area (Å²) < 4.78 is 37.4. The smallest absolute Gasteiger partial charge is 0.305 e. The number of carbonyl (C=O) groups excluding carboxylic acids is 3. The molecule has 3 amide bonds. The molecule has 3 N–H and O–H groups in total. The lowest BCUT2D eigenvalue weighted by molar-refractivity contribution is -0.140. The van der Waals surface area contributed by atoms with Gasteiger partial charge in [-0.15, -0.1) is 0 Å². The van der Waals surface area contributed by atoms with Crippen molar-refractivity contribution in [2.75, 3.05) is 104 Å². The summed E-state index contributed by atoms with van der Waals surface area (Å²) >= 11 is 0. The van der Waals surface area contributed by atoms with Gasteiger partial charge >= 0.3 is 5.97 Å². The molecular weight excluding hydrogens is 690 g/mol. The van der Waals surface area contributed by atoms with Crippen LogP contribution in [0.5, 0.6) is 0 Å². The molecule has 0 unspecified atom stereocenters. The Morgan fingerprint density at radius 1 is 0.698 bits per heavy atom. The van der Waals surface area contributed by atoms with Crippen LogP contribution in [0.25, 0.3) is 0 Å². The second kappa shape index (κ2) is 26.4. The number of para-hydroxylation sites is 1. The third-order valence-electron chi connectivity index (χ3n) is 7.61. The fraction of sp³-hybridized carbons (Fsp3) is 0.526. The maximum atomic E-state index is 13.4. The summed E-state index contributed by atoms with van der Waals surface area (Å²) in [6.45, 7) is 5.84. The normalized spacial score (nSPS) is 12.4. The van der Waals surface area contributed by atoms with Crippen molar-refractivity contribution >= 4 is 29.4 Å². The van der Waals surface area contributed by atoms with Gasteiger partial charge in [-0.1, -0.05) is 42.2 Å². The second-order valence-corrected chi connectivity index (χ2v) is 11.6. The number of aliphatic carboxylic acids is 1. The van der Waals surface area contributed by atoms with E-state index in [4.69, 9.17) is 33.2 Å². The first-order chi connectivity index (χ1) is 25.9. The Hall–Kier alpha value is -4.40. The quantitative estimate of drug-likeness (QED) is 0.0848. The minimum Gasteiger partial charge on any atom is -0.481 e. The first-order valence-electron chi connectivity index (χ1n) is 17.6. The van der Waals surface area contributed by atoms with Crippen molar-refractivity contribution in [2.24, 2.45) is 0 Å². The van der Waals surface area contributed by atoms with Gasteiger partial charge in [0.1, 0.15) is 6.04 Å². The molecule has 0 saturated carbocycles. The van der Waals surface area contributed by atoms with Crippen LogP contribution in [0, 0.1) is 11.8 Å². The van der Waals surface area contributed by atoms with Gasteiger partial charge in [-0.2, -0.15) is 0 Å². The van der Waals surface area contributed by atoms with Crippen molar-refractivity contribution in [2.45, 2.75) is 31.8 Å². The van der Waals surface area contributed by atoms with Crippen molar-refractivity contribution in [3.63, 3.8) is 0 Å². The predicted octanol–water partition coefficient (Wildman–Crippen LogP) is 1.53. The van der Waals surface area contributed by atoms with Crippen LogP contribution in [-0.4, -0.2) is 134 Å². The first kappa shape index (κ1) is 43.0. The van der Waals surface area contributed by atoms with Gasteiger partial charge in [-0.3, -0.25) is 19.2 Å². The topological polar surface area (TPSA) is 180 Å². The lowest BCUT2D eigenvalue weighted by atomic mass is 10.0. The van der Waals surface area contributed by atoms with Gasteiger partial charge in [0, 0.05) is 37.6 Å². The van der Waals surface area contributed by atoms with Crippen LogP contribution in [0.2, 0.25) is 0 Å². The summed E-state index contributed by atoms with van der Waals surface area (Å²) in [5.74, 6) is 3.44. The number of carbonyl (C=O) groups is 4. The Labute approximate surface area is 310 Å². The monoisotopic (exact) mass is 741 g/mol. The Bertz CT molecular complexity index is 1480. The number of carboxylic acid groups (broad SMARTS) is 1. The second-order valence-electron chi connectivity index (χ2n) is 11.6. The molecule has 290 valence electrons. The molecule has 0 radical (unpaired) electrons. The minimum absolute atomic E-state index is 0.0956. The molecule has 0 spiro atoms. The van der Waals surface area contributed by atoms with Crippen LogP contribution in [-0.2, 0) is 58.9 Å². The van der Waals surface area contributed by atoms with Crippen LogP contribution in [0.15, 0.2) is 48.5 Å². The number of amides is 3. The molecule has 15 nitrogen and oxygen atoms in total. The lowest BCUT2D eigenvalue weighted by Gasteiger charge is -2.26. The van der Waals surface area contributed by atoms with Gasteiger partial charge in [0.15, 0.2) is 0 Å². The van der Waals surface area contributed by atoms with Gasteiger partial charge < -0.3 is 53.8 Å². The summed E-state index contributed by atoms with van der Waals surface area (Å²) in [7, 11) is 1.62. The first-order valence-corrected chi connectivity index (χ1v) is 17.6. The highest BCUT2D eigenvalue weighted by molar-refractivity contribution is 5.97. The van der Waals surface area contributed by atoms with Gasteiger partial charge in [-0.25, -0.2) is 0 Å². The van der Waals surface area contributed by atoms with Crippen molar-refractivity contribution in [3.05, 3.63) is 65.2 Å². The van der Waals surface area contributed by atoms with Crippen molar-refractivity contribution < 1.29 is 57.4 Å². The van der Waals surface area contributed by atoms with E-state index < -0.39 is 30.2 Å². The standard InChI is InChI=1S/C38H51N3O12/c1-47-16-17-49-20-21-51-24-25-53-27-26-52-23-22-50-19-18-48-15-14-39-38(46)33(28-37(44)45)40-35(42)12-13-36(43)41-29-32-8-3-2-6-30(32)10-11-31-7-4-5-9-34(31)41/h2-9,33H,12-29H2,1H3,(H,39,46)(H,40,42)(H,44,45)/t33-/m0/s1. The van der Waals surface area contributed by atoms with E-state index in [-0.39, 0.29) is 45.1 Å². The molecule has 0 saturated heterocycles. The zero-order chi connectivity index (χ0) is 37.9. The zero-order valence-electron chi connectivity index (χ0n) is 30.3.